The van der Waals surface area contributed by atoms with Gasteiger partial charge in [0.2, 0.25) is 0 Å². The third-order valence-corrected chi connectivity index (χ3v) is 4.39. The third-order valence-electron chi connectivity index (χ3n) is 4.39. The number of rotatable bonds is 2. The molecule has 0 aliphatic heterocycles. The second-order valence-corrected chi connectivity index (χ2v) is 5.81. The van der Waals surface area contributed by atoms with E-state index in [-0.39, 0.29) is 6.04 Å². The lowest BCUT2D eigenvalue weighted by molar-refractivity contribution is -0.00494. The first kappa shape index (κ1) is 13.3. The summed E-state index contributed by atoms with van der Waals surface area (Å²) in [4.78, 5) is 0. The van der Waals surface area contributed by atoms with Crippen LogP contribution < -0.4 is 5.73 Å². The van der Waals surface area contributed by atoms with E-state index < -0.39 is 5.60 Å². The van der Waals surface area contributed by atoms with E-state index in [9.17, 15) is 5.11 Å². The zero-order chi connectivity index (χ0) is 14.0. The molecule has 1 saturated carbocycles. The van der Waals surface area contributed by atoms with Gasteiger partial charge in [0.15, 0.2) is 0 Å². The molecule has 1 aliphatic rings. The van der Waals surface area contributed by atoms with Crippen molar-refractivity contribution in [3.8, 4) is 11.1 Å². The van der Waals surface area contributed by atoms with Gasteiger partial charge in [-0.05, 0) is 42.4 Å². The quantitative estimate of drug-likeness (QED) is 0.875. The smallest absolute Gasteiger partial charge is 0.0897 e. The SMILES string of the molecule is NC1CCC(O)(c2ccc(-c3ccccc3)cc2)CC1. The highest BCUT2D eigenvalue weighted by Gasteiger charge is 2.33. The van der Waals surface area contributed by atoms with E-state index in [1.165, 1.54) is 11.1 Å². The van der Waals surface area contributed by atoms with E-state index >= 15 is 0 Å². The molecular weight excluding hydrogens is 246 g/mol. The molecule has 20 heavy (non-hydrogen) atoms. The van der Waals surface area contributed by atoms with Gasteiger partial charge in [-0.2, -0.15) is 0 Å². The second kappa shape index (κ2) is 5.39. The van der Waals surface area contributed by atoms with Gasteiger partial charge in [-0.3, -0.25) is 0 Å². The normalized spacial score (nSPS) is 26.4. The Labute approximate surface area is 120 Å². The van der Waals surface area contributed by atoms with Crippen LogP contribution in [0.3, 0.4) is 0 Å². The first-order valence-electron chi connectivity index (χ1n) is 7.31. The van der Waals surface area contributed by atoms with Crippen LogP contribution in [0.25, 0.3) is 11.1 Å². The molecule has 104 valence electrons. The number of nitrogens with two attached hydrogens (primary N) is 1. The molecule has 2 aromatic rings. The predicted molar refractivity (Wildman–Crippen MR) is 82.2 cm³/mol. The van der Waals surface area contributed by atoms with Crippen LogP contribution in [-0.4, -0.2) is 11.1 Å². The van der Waals surface area contributed by atoms with Gasteiger partial charge in [0.1, 0.15) is 0 Å². The van der Waals surface area contributed by atoms with Crippen LogP contribution in [0.4, 0.5) is 0 Å². The Morgan fingerprint density at radius 2 is 1.40 bits per heavy atom. The van der Waals surface area contributed by atoms with E-state index in [1.807, 2.05) is 18.2 Å². The first-order chi connectivity index (χ1) is 9.67. The Balaban J connectivity index is 1.83. The number of hydrogen-bond acceptors (Lipinski definition) is 2. The van der Waals surface area contributed by atoms with E-state index in [0.717, 1.165) is 31.2 Å². The van der Waals surface area contributed by atoms with E-state index in [0.29, 0.717) is 0 Å². The molecule has 2 heteroatoms. The number of benzene rings is 2. The maximum Gasteiger partial charge on any atom is 0.0897 e. The fourth-order valence-electron chi connectivity index (χ4n) is 3.01. The summed E-state index contributed by atoms with van der Waals surface area (Å²) >= 11 is 0. The molecule has 2 aromatic carbocycles. The molecule has 2 nitrogen and oxygen atoms in total. The Morgan fingerprint density at radius 1 is 0.850 bits per heavy atom. The van der Waals surface area contributed by atoms with Crippen molar-refractivity contribution in [3.63, 3.8) is 0 Å². The van der Waals surface area contributed by atoms with Crippen molar-refractivity contribution in [2.45, 2.75) is 37.3 Å². The maximum absolute atomic E-state index is 10.8. The fraction of sp³-hybridized carbons (Fsp3) is 0.333. The summed E-state index contributed by atoms with van der Waals surface area (Å²) in [6.07, 6.45) is 3.32. The molecule has 0 saturated heterocycles. The monoisotopic (exact) mass is 267 g/mol. The molecule has 1 aliphatic carbocycles. The van der Waals surface area contributed by atoms with Crippen LogP contribution >= 0.6 is 0 Å². The average Bonchev–Trinajstić information content (AvgIpc) is 2.52. The van der Waals surface area contributed by atoms with E-state index in [4.69, 9.17) is 5.73 Å². The minimum Gasteiger partial charge on any atom is -0.385 e. The molecule has 0 bridgehead atoms. The summed E-state index contributed by atoms with van der Waals surface area (Å²) in [7, 11) is 0. The van der Waals surface area contributed by atoms with Crippen molar-refractivity contribution in [2.24, 2.45) is 5.73 Å². The van der Waals surface area contributed by atoms with Gasteiger partial charge < -0.3 is 10.8 Å². The van der Waals surface area contributed by atoms with Crippen LogP contribution in [0.2, 0.25) is 0 Å². The summed E-state index contributed by atoms with van der Waals surface area (Å²) in [6.45, 7) is 0. The second-order valence-electron chi connectivity index (χ2n) is 5.81. The van der Waals surface area contributed by atoms with Crippen molar-refractivity contribution >= 4 is 0 Å². The lowest BCUT2D eigenvalue weighted by Gasteiger charge is -2.35. The van der Waals surface area contributed by atoms with E-state index in [2.05, 4.69) is 36.4 Å². The summed E-state index contributed by atoms with van der Waals surface area (Å²) in [5, 5.41) is 10.8. The zero-order valence-electron chi connectivity index (χ0n) is 11.6. The molecule has 0 atom stereocenters. The maximum atomic E-state index is 10.8. The summed E-state index contributed by atoms with van der Waals surface area (Å²) in [5.74, 6) is 0. The third kappa shape index (κ3) is 2.62. The Bertz CT molecular complexity index is 554. The highest BCUT2D eigenvalue weighted by Crippen LogP contribution is 2.37. The van der Waals surface area contributed by atoms with Crippen LogP contribution in [0.1, 0.15) is 31.2 Å². The van der Waals surface area contributed by atoms with E-state index in [1.54, 1.807) is 0 Å². The highest BCUT2D eigenvalue weighted by atomic mass is 16.3. The zero-order valence-corrected chi connectivity index (χ0v) is 11.6. The Morgan fingerprint density at radius 3 is 2.00 bits per heavy atom. The molecular formula is C18H21NO. The van der Waals surface area contributed by atoms with Crippen LogP contribution in [-0.2, 0) is 5.60 Å². The number of aliphatic hydroxyl groups is 1. The van der Waals surface area contributed by atoms with Crippen molar-refractivity contribution in [2.75, 3.05) is 0 Å². The molecule has 0 spiro atoms. The Kier molecular flexibility index (Phi) is 3.60. The van der Waals surface area contributed by atoms with Crippen molar-refractivity contribution in [1.29, 1.82) is 0 Å². The van der Waals surface area contributed by atoms with Crippen molar-refractivity contribution in [3.05, 3.63) is 60.2 Å². The van der Waals surface area contributed by atoms with Crippen LogP contribution in [0.5, 0.6) is 0 Å². The molecule has 0 radical (unpaired) electrons. The number of hydrogen-bond donors (Lipinski definition) is 2. The molecule has 0 heterocycles. The van der Waals surface area contributed by atoms with Gasteiger partial charge in [-0.1, -0.05) is 54.6 Å². The summed E-state index contributed by atoms with van der Waals surface area (Å²) in [5.41, 5.74) is 8.64. The standard InChI is InChI=1S/C18H21NO/c19-17-10-12-18(20,13-11-17)16-8-6-15(7-9-16)14-4-2-1-3-5-14/h1-9,17,20H,10-13,19H2. The Hall–Kier alpha value is -1.64. The van der Waals surface area contributed by atoms with Crippen LogP contribution in [0, 0.1) is 0 Å². The highest BCUT2D eigenvalue weighted by molar-refractivity contribution is 5.63. The van der Waals surface area contributed by atoms with Gasteiger partial charge in [0.05, 0.1) is 5.60 Å². The molecule has 3 N–H and O–H groups in total. The molecule has 1 fully saturated rings. The van der Waals surface area contributed by atoms with Crippen LogP contribution in [0.15, 0.2) is 54.6 Å². The average molecular weight is 267 g/mol. The summed E-state index contributed by atoms with van der Waals surface area (Å²) in [6, 6.07) is 18.8. The fourth-order valence-corrected chi connectivity index (χ4v) is 3.01. The van der Waals surface area contributed by atoms with Gasteiger partial charge in [0, 0.05) is 6.04 Å². The summed E-state index contributed by atoms with van der Waals surface area (Å²) < 4.78 is 0. The minimum atomic E-state index is -0.689. The molecule has 0 amide bonds. The topological polar surface area (TPSA) is 46.2 Å². The molecule has 0 aromatic heterocycles. The van der Waals surface area contributed by atoms with Crippen molar-refractivity contribution < 1.29 is 5.11 Å². The lowest BCUT2D eigenvalue weighted by atomic mass is 9.78. The van der Waals surface area contributed by atoms with Gasteiger partial charge in [-0.15, -0.1) is 0 Å². The first-order valence-corrected chi connectivity index (χ1v) is 7.31. The van der Waals surface area contributed by atoms with Gasteiger partial charge in [0.25, 0.3) is 0 Å². The van der Waals surface area contributed by atoms with Gasteiger partial charge >= 0.3 is 0 Å². The lowest BCUT2D eigenvalue weighted by Crippen LogP contribution is -2.36. The van der Waals surface area contributed by atoms with Crippen molar-refractivity contribution in [1.82, 2.24) is 0 Å². The van der Waals surface area contributed by atoms with Gasteiger partial charge in [-0.25, -0.2) is 0 Å². The largest absolute Gasteiger partial charge is 0.385 e. The minimum absolute atomic E-state index is 0.249. The molecule has 0 unspecified atom stereocenters. The molecule has 3 rings (SSSR count). The predicted octanol–water partition coefficient (Wildman–Crippen LogP) is 3.44.